The standard InChI is InChI=1S/C30H25ClN2O3/c1-3-33(4-2)23-18-22(31)28(32-19-12-6-5-7-13-19)27-26(23)29(34)36-30(27)20-14-8-10-16-24(20)35-25-17-11-9-15-21(25)30/h5-18,32H,3-4H2,1-2H3. The quantitative estimate of drug-likeness (QED) is 0.290. The number of carbonyl (C=O) groups excluding carboxylic acids is 1. The first-order valence-electron chi connectivity index (χ1n) is 12.1. The summed E-state index contributed by atoms with van der Waals surface area (Å²) >= 11 is 7.04. The minimum absolute atomic E-state index is 0.383. The van der Waals surface area contributed by atoms with Gasteiger partial charge in [-0.1, -0.05) is 66.2 Å². The van der Waals surface area contributed by atoms with Crippen LogP contribution in [0.3, 0.4) is 0 Å². The molecule has 0 aliphatic carbocycles. The van der Waals surface area contributed by atoms with Crippen LogP contribution in [0, 0.1) is 0 Å². The van der Waals surface area contributed by atoms with Crippen molar-refractivity contribution < 1.29 is 14.3 Å². The molecule has 180 valence electrons. The lowest BCUT2D eigenvalue weighted by atomic mass is 9.76. The molecule has 0 radical (unpaired) electrons. The largest absolute Gasteiger partial charge is 0.456 e. The maximum atomic E-state index is 13.9. The third kappa shape index (κ3) is 3.20. The molecule has 2 aliphatic heterocycles. The number of halogens is 1. The summed E-state index contributed by atoms with van der Waals surface area (Å²) in [6, 6.07) is 27.1. The Bertz CT molecular complexity index is 1440. The molecule has 0 saturated heterocycles. The normalized spacial score (nSPS) is 14.4. The number of para-hydroxylation sites is 3. The first-order valence-corrected chi connectivity index (χ1v) is 12.5. The second-order valence-electron chi connectivity index (χ2n) is 8.83. The van der Waals surface area contributed by atoms with E-state index in [0.29, 0.717) is 33.3 Å². The number of esters is 1. The molecule has 4 aromatic carbocycles. The Balaban J connectivity index is 1.74. The Kier molecular flexibility index (Phi) is 5.38. The molecule has 2 aliphatic rings. The van der Waals surface area contributed by atoms with Gasteiger partial charge in [0.05, 0.1) is 22.0 Å². The van der Waals surface area contributed by atoms with E-state index in [-0.39, 0.29) is 5.97 Å². The molecule has 0 atom stereocenters. The lowest BCUT2D eigenvalue weighted by Gasteiger charge is -2.37. The van der Waals surface area contributed by atoms with Gasteiger partial charge < -0.3 is 19.7 Å². The fourth-order valence-electron chi connectivity index (χ4n) is 5.37. The van der Waals surface area contributed by atoms with Gasteiger partial charge in [-0.3, -0.25) is 0 Å². The molecule has 0 aromatic heterocycles. The monoisotopic (exact) mass is 496 g/mol. The number of benzene rings is 4. The van der Waals surface area contributed by atoms with Gasteiger partial charge in [0.2, 0.25) is 0 Å². The summed E-state index contributed by atoms with van der Waals surface area (Å²) in [5.41, 5.74) is 3.80. The SMILES string of the molecule is CCN(CC)c1cc(Cl)c(Nc2ccccc2)c2c1C(=O)OC21c2ccccc2Oc2ccccc21. The summed E-state index contributed by atoms with van der Waals surface area (Å²) in [5.74, 6) is 0.907. The molecule has 6 heteroatoms. The maximum absolute atomic E-state index is 13.9. The van der Waals surface area contributed by atoms with Crippen LogP contribution >= 0.6 is 11.6 Å². The van der Waals surface area contributed by atoms with Gasteiger partial charge in [-0.05, 0) is 44.2 Å². The molecular formula is C30H25ClN2O3. The highest BCUT2D eigenvalue weighted by Gasteiger charge is 2.56. The van der Waals surface area contributed by atoms with Gasteiger partial charge in [0.25, 0.3) is 0 Å². The molecule has 5 nitrogen and oxygen atoms in total. The van der Waals surface area contributed by atoms with E-state index in [1.165, 1.54) is 0 Å². The highest BCUT2D eigenvalue weighted by molar-refractivity contribution is 6.34. The fourth-order valence-corrected chi connectivity index (χ4v) is 5.62. The minimum Gasteiger partial charge on any atom is -0.456 e. The zero-order valence-corrected chi connectivity index (χ0v) is 20.8. The highest BCUT2D eigenvalue weighted by Crippen LogP contribution is 2.60. The van der Waals surface area contributed by atoms with Crippen LogP contribution in [-0.2, 0) is 10.3 Å². The summed E-state index contributed by atoms with van der Waals surface area (Å²) in [6.07, 6.45) is 0. The molecule has 0 amide bonds. The van der Waals surface area contributed by atoms with Crippen molar-refractivity contribution in [3.63, 3.8) is 0 Å². The third-order valence-corrected chi connectivity index (χ3v) is 7.26. The summed E-state index contributed by atoms with van der Waals surface area (Å²) < 4.78 is 12.7. The van der Waals surface area contributed by atoms with Crippen LogP contribution in [0.1, 0.15) is 40.9 Å². The average molecular weight is 497 g/mol. The van der Waals surface area contributed by atoms with E-state index < -0.39 is 5.60 Å². The van der Waals surface area contributed by atoms with Crippen molar-refractivity contribution in [1.29, 1.82) is 0 Å². The molecule has 0 saturated carbocycles. The zero-order valence-electron chi connectivity index (χ0n) is 20.0. The van der Waals surface area contributed by atoms with E-state index in [1.807, 2.05) is 84.9 Å². The van der Waals surface area contributed by atoms with Crippen LogP contribution in [0.5, 0.6) is 11.5 Å². The summed E-state index contributed by atoms with van der Waals surface area (Å²) in [7, 11) is 0. The number of hydrogen-bond acceptors (Lipinski definition) is 5. The van der Waals surface area contributed by atoms with Crippen LogP contribution in [0.2, 0.25) is 5.02 Å². The number of anilines is 3. The number of ether oxygens (including phenoxy) is 2. The van der Waals surface area contributed by atoms with Crippen molar-refractivity contribution in [2.75, 3.05) is 23.3 Å². The molecule has 36 heavy (non-hydrogen) atoms. The maximum Gasteiger partial charge on any atom is 0.342 e. The minimum atomic E-state index is -1.22. The number of nitrogens with one attached hydrogen (secondary N) is 1. The Morgan fingerprint density at radius 3 is 2.06 bits per heavy atom. The summed E-state index contributed by atoms with van der Waals surface area (Å²) in [6.45, 7) is 5.58. The molecule has 2 heterocycles. The highest BCUT2D eigenvalue weighted by atomic mass is 35.5. The van der Waals surface area contributed by atoms with Crippen LogP contribution in [0.4, 0.5) is 17.1 Å². The van der Waals surface area contributed by atoms with Crippen molar-refractivity contribution in [2.45, 2.75) is 19.4 Å². The van der Waals surface area contributed by atoms with Crippen LogP contribution < -0.4 is 15.0 Å². The second-order valence-corrected chi connectivity index (χ2v) is 9.24. The van der Waals surface area contributed by atoms with Crippen molar-refractivity contribution in [1.82, 2.24) is 0 Å². The van der Waals surface area contributed by atoms with E-state index in [9.17, 15) is 4.79 Å². The second kappa shape index (κ2) is 8.61. The molecule has 0 fully saturated rings. The van der Waals surface area contributed by atoms with E-state index in [4.69, 9.17) is 21.1 Å². The van der Waals surface area contributed by atoms with E-state index in [2.05, 4.69) is 24.1 Å². The Hall–Kier alpha value is -3.96. The van der Waals surface area contributed by atoms with Crippen molar-refractivity contribution >= 4 is 34.6 Å². The Morgan fingerprint density at radius 2 is 1.44 bits per heavy atom. The Morgan fingerprint density at radius 1 is 0.861 bits per heavy atom. The van der Waals surface area contributed by atoms with Gasteiger partial charge in [-0.15, -0.1) is 0 Å². The molecule has 1 N–H and O–H groups in total. The molecular weight excluding hydrogens is 472 g/mol. The first-order chi connectivity index (χ1) is 17.6. The van der Waals surface area contributed by atoms with Gasteiger partial charge in [-0.25, -0.2) is 4.79 Å². The molecule has 0 unspecified atom stereocenters. The molecule has 4 aromatic rings. The van der Waals surface area contributed by atoms with E-state index in [1.54, 1.807) is 0 Å². The van der Waals surface area contributed by atoms with Gasteiger partial charge >= 0.3 is 5.97 Å². The van der Waals surface area contributed by atoms with Crippen LogP contribution in [0.15, 0.2) is 84.9 Å². The molecule has 1 spiro atoms. The van der Waals surface area contributed by atoms with Crippen LogP contribution in [0.25, 0.3) is 0 Å². The third-order valence-electron chi connectivity index (χ3n) is 6.96. The van der Waals surface area contributed by atoms with Crippen LogP contribution in [-0.4, -0.2) is 19.1 Å². The van der Waals surface area contributed by atoms with Gasteiger partial charge in [0.15, 0.2) is 5.60 Å². The number of carbonyl (C=O) groups is 1. The summed E-state index contributed by atoms with van der Waals surface area (Å²) in [4.78, 5) is 16.0. The van der Waals surface area contributed by atoms with E-state index >= 15 is 0 Å². The van der Waals surface area contributed by atoms with Gasteiger partial charge in [0.1, 0.15) is 11.5 Å². The summed E-state index contributed by atoms with van der Waals surface area (Å²) in [5, 5.41) is 4.02. The first kappa shape index (κ1) is 22.5. The predicted molar refractivity (Wildman–Crippen MR) is 143 cm³/mol. The van der Waals surface area contributed by atoms with Gasteiger partial charge in [0, 0.05) is 35.5 Å². The predicted octanol–water partition coefficient (Wildman–Crippen LogP) is 7.50. The molecule has 0 bridgehead atoms. The number of rotatable bonds is 5. The van der Waals surface area contributed by atoms with E-state index in [0.717, 1.165) is 35.6 Å². The number of hydrogen-bond donors (Lipinski definition) is 1. The fraction of sp³-hybridized carbons (Fsp3) is 0.167. The Labute approximate surface area is 215 Å². The zero-order chi connectivity index (χ0) is 24.9. The number of nitrogens with zero attached hydrogens (tertiary/aromatic N) is 1. The smallest absolute Gasteiger partial charge is 0.342 e. The lowest BCUT2D eigenvalue weighted by Crippen LogP contribution is -2.33. The average Bonchev–Trinajstić information content (AvgIpc) is 3.21. The molecule has 6 rings (SSSR count). The van der Waals surface area contributed by atoms with Gasteiger partial charge in [-0.2, -0.15) is 0 Å². The van der Waals surface area contributed by atoms with Crippen molar-refractivity contribution in [3.8, 4) is 11.5 Å². The van der Waals surface area contributed by atoms with Crippen molar-refractivity contribution in [3.05, 3.63) is 112 Å². The topological polar surface area (TPSA) is 50.8 Å². The van der Waals surface area contributed by atoms with Crippen molar-refractivity contribution in [2.24, 2.45) is 0 Å². The number of fused-ring (bicyclic) bond motifs is 6. The lowest BCUT2D eigenvalue weighted by molar-refractivity contribution is 0.0226.